The van der Waals surface area contributed by atoms with Gasteiger partial charge < -0.3 is 14.2 Å². The summed E-state index contributed by atoms with van der Waals surface area (Å²) in [5.41, 5.74) is 0.540. The van der Waals surface area contributed by atoms with Crippen molar-refractivity contribution in [1.82, 2.24) is 0 Å². The molecule has 0 radical (unpaired) electrons. The number of hydrogen-bond donors (Lipinski definition) is 0. The van der Waals surface area contributed by atoms with E-state index in [2.05, 4.69) is 6.58 Å². The van der Waals surface area contributed by atoms with Gasteiger partial charge in [0.15, 0.2) is 0 Å². The fraction of sp³-hybridized carbons (Fsp3) is 0.812. The molecule has 0 saturated carbocycles. The number of esters is 1. The maximum Gasteiger partial charge on any atom is 0.333 e. The lowest BCUT2D eigenvalue weighted by Crippen LogP contribution is -2.20. The molecular weight excluding hydrogens is 256 g/mol. The molecule has 0 aromatic carbocycles. The zero-order chi connectivity index (χ0) is 15.2. The van der Waals surface area contributed by atoms with Crippen molar-refractivity contribution < 1.29 is 19.0 Å². The van der Waals surface area contributed by atoms with Crippen LogP contribution in [0.3, 0.4) is 0 Å². The van der Waals surface area contributed by atoms with Gasteiger partial charge in [0.1, 0.15) is 0 Å². The number of unbranched alkanes of at least 4 members (excludes halogenated alkanes) is 2. The number of rotatable bonds is 13. The van der Waals surface area contributed by atoms with Gasteiger partial charge in [-0.15, -0.1) is 0 Å². The summed E-state index contributed by atoms with van der Waals surface area (Å²) < 4.78 is 16.1. The third-order valence-electron chi connectivity index (χ3n) is 3.03. The topological polar surface area (TPSA) is 44.8 Å². The molecule has 0 saturated heterocycles. The van der Waals surface area contributed by atoms with Crippen LogP contribution in [0.25, 0.3) is 0 Å². The van der Waals surface area contributed by atoms with Gasteiger partial charge in [0, 0.05) is 18.8 Å². The van der Waals surface area contributed by atoms with Crippen LogP contribution in [0.4, 0.5) is 0 Å². The van der Waals surface area contributed by atoms with Crippen LogP contribution >= 0.6 is 0 Å². The van der Waals surface area contributed by atoms with Crippen LogP contribution in [-0.2, 0) is 19.0 Å². The maximum atomic E-state index is 11.4. The van der Waals surface area contributed by atoms with Gasteiger partial charge in [0.05, 0.1) is 19.3 Å². The average Bonchev–Trinajstić information content (AvgIpc) is 2.46. The first-order valence-corrected chi connectivity index (χ1v) is 7.69. The smallest absolute Gasteiger partial charge is 0.333 e. The lowest BCUT2D eigenvalue weighted by molar-refractivity contribution is -0.139. The molecule has 0 aromatic heterocycles. The Morgan fingerprint density at radius 3 is 2.45 bits per heavy atom. The van der Waals surface area contributed by atoms with Crippen molar-refractivity contribution in [3.8, 4) is 0 Å². The highest BCUT2D eigenvalue weighted by Gasteiger charge is 2.08. The van der Waals surface area contributed by atoms with Crippen molar-refractivity contribution >= 4 is 5.97 Å². The second-order valence-corrected chi connectivity index (χ2v) is 4.68. The molecule has 0 fully saturated rings. The van der Waals surface area contributed by atoms with Crippen LogP contribution in [0.2, 0.25) is 0 Å². The highest BCUT2D eigenvalue weighted by atomic mass is 16.5. The molecule has 0 N–H and O–H groups in total. The molecule has 4 nitrogen and oxygen atoms in total. The summed E-state index contributed by atoms with van der Waals surface area (Å²) in [5, 5.41) is 0. The second kappa shape index (κ2) is 13.1. The maximum absolute atomic E-state index is 11.4. The van der Waals surface area contributed by atoms with E-state index in [1.54, 1.807) is 0 Å². The van der Waals surface area contributed by atoms with Crippen LogP contribution in [0.15, 0.2) is 12.2 Å². The van der Waals surface area contributed by atoms with Gasteiger partial charge in [-0.1, -0.05) is 19.9 Å². The highest BCUT2D eigenvalue weighted by Crippen LogP contribution is 2.09. The first-order chi connectivity index (χ1) is 9.65. The van der Waals surface area contributed by atoms with E-state index in [-0.39, 0.29) is 12.1 Å². The molecule has 20 heavy (non-hydrogen) atoms. The van der Waals surface area contributed by atoms with E-state index >= 15 is 0 Å². The van der Waals surface area contributed by atoms with Crippen LogP contribution < -0.4 is 0 Å². The molecule has 0 aliphatic rings. The molecule has 4 heteroatoms. The standard InChI is InChI=1S/C16H30O4/c1-5-14(4)16(17)20-12-10-8-9-11-15(19-7-3)13-18-6-2/h15H,4-13H2,1-3H3. The normalized spacial score (nSPS) is 12.2. The summed E-state index contributed by atoms with van der Waals surface area (Å²) in [6.07, 6.45) is 4.79. The van der Waals surface area contributed by atoms with Crippen LogP contribution in [0.5, 0.6) is 0 Å². The van der Waals surface area contributed by atoms with E-state index in [9.17, 15) is 4.79 Å². The van der Waals surface area contributed by atoms with Crippen molar-refractivity contribution in [2.45, 2.75) is 59.0 Å². The minimum Gasteiger partial charge on any atom is -0.462 e. The number of carbonyl (C=O) groups is 1. The molecular formula is C16H30O4. The summed E-state index contributed by atoms with van der Waals surface area (Å²) in [5.74, 6) is -0.268. The monoisotopic (exact) mass is 286 g/mol. The third-order valence-corrected chi connectivity index (χ3v) is 3.03. The van der Waals surface area contributed by atoms with E-state index in [1.807, 2.05) is 20.8 Å². The quantitative estimate of drug-likeness (QED) is 0.295. The minimum absolute atomic E-state index is 0.183. The van der Waals surface area contributed by atoms with E-state index in [4.69, 9.17) is 14.2 Å². The molecule has 0 aromatic rings. The third kappa shape index (κ3) is 9.98. The van der Waals surface area contributed by atoms with Gasteiger partial charge >= 0.3 is 5.97 Å². The Balaban J connectivity index is 3.58. The van der Waals surface area contributed by atoms with Gasteiger partial charge in [-0.05, 0) is 39.5 Å². The first kappa shape index (κ1) is 19.1. The Labute approximate surface area is 123 Å². The lowest BCUT2D eigenvalue weighted by Gasteiger charge is -2.16. The van der Waals surface area contributed by atoms with E-state index in [0.29, 0.717) is 31.8 Å². The Morgan fingerprint density at radius 1 is 1.10 bits per heavy atom. The highest BCUT2D eigenvalue weighted by molar-refractivity contribution is 5.87. The van der Waals surface area contributed by atoms with Crippen LogP contribution in [0, 0.1) is 0 Å². The molecule has 0 heterocycles. The van der Waals surface area contributed by atoms with Crippen LogP contribution in [-0.4, -0.2) is 38.5 Å². The van der Waals surface area contributed by atoms with E-state index in [1.165, 1.54) is 0 Å². The SMILES string of the molecule is C=C(CC)C(=O)OCCCCCC(COCC)OCC. The van der Waals surface area contributed by atoms with Crippen molar-refractivity contribution in [3.05, 3.63) is 12.2 Å². The Bertz CT molecular complexity index is 263. The minimum atomic E-state index is -0.268. The van der Waals surface area contributed by atoms with E-state index in [0.717, 1.165) is 32.3 Å². The van der Waals surface area contributed by atoms with Gasteiger partial charge in [-0.3, -0.25) is 0 Å². The fourth-order valence-corrected chi connectivity index (χ4v) is 1.76. The van der Waals surface area contributed by atoms with Crippen molar-refractivity contribution in [2.75, 3.05) is 26.4 Å². The Morgan fingerprint density at radius 2 is 1.85 bits per heavy atom. The fourth-order valence-electron chi connectivity index (χ4n) is 1.76. The Kier molecular flexibility index (Phi) is 12.6. The van der Waals surface area contributed by atoms with Gasteiger partial charge in [-0.2, -0.15) is 0 Å². The predicted octanol–water partition coefficient (Wildman–Crippen LogP) is 3.50. The number of ether oxygens (including phenoxy) is 3. The summed E-state index contributed by atoms with van der Waals surface area (Å²) in [4.78, 5) is 11.4. The van der Waals surface area contributed by atoms with Gasteiger partial charge in [0.2, 0.25) is 0 Å². The molecule has 1 atom stereocenters. The molecule has 1 unspecified atom stereocenters. The molecule has 0 bridgehead atoms. The lowest BCUT2D eigenvalue weighted by atomic mass is 10.1. The molecule has 0 aliphatic carbocycles. The summed E-state index contributed by atoms with van der Waals surface area (Å²) >= 11 is 0. The molecule has 0 rings (SSSR count). The second-order valence-electron chi connectivity index (χ2n) is 4.68. The van der Waals surface area contributed by atoms with Gasteiger partial charge in [0.25, 0.3) is 0 Å². The summed E-state index contributed by atoms with van der Waals surface area (Å²) in [6.45, 7) is 12.1. The Hall–Kier alpha value is -0.870. The van der Waals surface area contributed by atoms with Crippen LogP contribution in [0.1, 0.15) is 52.9 Å². The van der Waals surface area contributed by atoms with Crippen molar-refractivity contribution in [2.24, 2.45) is 0 Å². The summed E-state index contributed by atoms with van der Waals surface area (Å²) in [7, 11) is 0. The van der Waals surface area contributed by atoms with Gasteiger partial charge in [-0.25, -0.2) is 4.79 Å². The molecule has 0 spiro atoms. The largest absolute Gasteiger partial charge is 0.462 e. The van der Waals surface area contributed by atoms with Crippen molar-refractivity contribution in [3.63, 3.8) is 0 Å². The van der Waals surface area contributed by atoms with E-state index < -0.39 is 0 Å². The predicted molar refractivity (Wildman–Crippen MR) is 80.8 cm³/mol. The van der Waals surface area contributed by atoms with Crippen molar-refractivity contribution in [1.29, 1.82) is 0 Å². The average molecular weight is 286 g/mol. The zero-order valence-electron chi connectivity index (χ0n) is 13.3. The number of hydrogen-bond acceptors (Lipinski definition) is 4. The molecule has 0 amide bonds. The first-order valence-electron chi connectivity index (χ1n) is 7.69. The number of carbonyl (C=O) groups excluding carboxylic acids is 1. The zero-order valence-corrected chi connectivity index (χ0v) is 13.3. The molecule has 118 valence electrons. The summed E-state index contributed by atoms with van der Waals surface area (Å²) in [6, 6.07) is 0. The molecule has 0 aliphatic heterocycles.